The van der Waals surface area contributed by atoms with E-state index in [1.165, 1.54) is 0 Å². The molecule has 1 aliphatic rings. The maximum Gasteiger partial charge on any atom is 0.273 e. The lowest BCUT2D eigenvalue weighted by atomic mass is 10.1. The molecule has 0 aromatic carbocycles. The highest BCUT2D eigenvalue weighted by molar-refractivity contribution is 5.30. The molecule has 2 rings (SSSR count). The number of rotatable bonds is 1. The van der Waals surface area contributed by atoms with Crippen LogP contribution in [0.15, 0.2) is 18.3 Å². The Morgan fingerprint density at radius 1 is 1.46 bits per heavy atom. The molecule has 0 amide bonds. The van der Waals surface area contributed by atoms with Crippen molar-refractivity contribution in [2.45, 2.75) is 17.9 Å². The first-order valence-corrected chi connectivity index (χ1v) is 3.74. The van der Waals surface area contributed by atoms with Crippen molar-refractivity contribution in [1.82, 2.24) is 4.98 Å². The van der Waals surface area contributed by atoms with Crippen molar-refractivity contribution in [1.29, 1.82) is 0 Å². The first-order chi connectivity index (χ1) is 5.96. The molecule has 1 aromatic rings. The molecule has 0 saturated heterocycles. The molecule has 5 heteroatoms. The molecule has 0 bridgehead atoms. The standard InChI is InChI=1S/C8H7F3N2/c9-5-1-2-13-6(3-5)7(12)4-8(7,10)11/h1-3H,4,12H2. The lowest BCUT2D eigenvalue weighted by Crippen LogP contribution is -2.28. The van der Waals surface area contributed by atoms with Crippen LogP contribution in [0, 0.1) is 5.82 Å². The summed E-state index contributed by atoms with van der Waals surface area (Å²) in [5, 5.41) is 0. The Bertz CT molecular complexity index is 353. The average molecular weight is 188 g/mol. The third-order valence-corrected chi connectivity index (χ3v) is 2.21. The highest BCUT2D eigenvalue weighted by atomic mass is 19.3. The van der Waals surface area contributed by atoms with E-state index in [1.54, 1.807) is 0 Å². The van der Waals surface area contributed by atoms with Gasteiger partial charge in [0.05, 0.1) is 5.69 Å². The van der Waals surface area contributed by atoms with Gasteiger partial charge in [0.2, 0.25) is 0 Å². The van der Waals surface area contributed by atoms with Crippen molar-refractivity contribution in [3.63, 3.8) is 0 Å². The van der Waals surface area contributed by atoms with Gasteiger partial charge in [0.1, 0.15) is 11.4 Å². The van der Waals surface area contributed by atoms with Gasteiger partial charge in [-0.3, -0.25) is 4.98 Å². The van der Waals surface area contributed by atoms with Gasteiger partial charge in [-0.25, -0.2) is 13.2 Å². The second-order valence-corrected chi connectivity index (χ2v) is 3.21. The summed E-state index contributed by atoms with van der Waals surface area (Å²) in [5.41, 5.74) is 3.49. The maximum absolute atomic E-state index is 12.7. The minimum atomic E-state index is -2.95. The first-order valence-electron chi connectivity index (χ1n) is 3.74. The van der Waals surface area contributed by atoms with Gasteiger partial charge >= 0.3 is 0 Å². The summed E-state index contributed by atoms with van der Waals surface area (Å²) in [6.07, 6.45) is 0.671. The van der Waals surface area contributed by atoms with Gasteiger partial charge < -0.3 is 5.73 Å². The van der Waals surface area contributed by atoms with Crippen LogP contribution in [0.5, 0.6) is 0 Å². The number of hydrogen-bond acceptors (Lipinski definition) is 2. The molecular weight excluding hydrogens is 181 g/mol. The zero-order valence-electron chi connectivity index (χ0n) is 6.60. The highest BCUT2D eigenvalue weighted by Crippen LogP contribution is 2.56. The Morgan fingerprint density at radius 2 is 2.08 bits per heavy atom. The molecule has 1 aromatic heterocycles. The quantitative estimate of drug-likeness (QED) is 0.723. The highest BCUT2D eigenvalue weighted by Gasteiger charge is 2.71. The summed E-state index contributed by atoms with van der Waals surface area (Å²) in [5.74, 6) is -3.55. The van der Waals surface area contributed by atoms with Crippen LogP contribution in [0.2, 0.25) is 0 Å². The van der Waals surface area contributed by atoms with E-state index in [2.05, 4.69) is 4.98 Å². The third kappa shape index (κ3) is 1.11. The molecule has 0 spiro atoms. The predicted octanol–water partition coefficient (Wildman–Crippen LogP) is 1.41. The molecule has 13 heavy (non-hydrogen) atoms. The van der Waals surface area contributed by atoms with Crippen molar-refractivity contribution >= 4 is 0 Å². The molecule has 0 aliphatic heterocycles. The average Bonchev–Trinajstić information content (AvgIpc) is 2.53. The lowest BCUT2D eigenvalue weighted by molar-refractivity contribution is 0.0880. The lowest BCUT2D eigenvalue weighted by Gasteiger charge is -2.08. The second kappa shape index (κ2) is 2.23. The fraction of sp³-hybridized carbons (Fsp3) is 0.375. The van der Waals surface area contributed by atoms with E-state index < -0.39 is 23.7 Å². The fourth-order valence-corrected chi connectivity index (χ4v) is 1.23. The summed E-state index contributed by atoms with van der Waals surface area (Å²) in [7, 11) is 0. The Morgan fingerprint density at radius 3 is 2.54 bits per heavy atom. The van der Waals surface area contributed by atoms with Crippen molar-refractivity contribution in [3.05, 3.63) is 29.8 Å². The molecule has 1 unspecified atom stereocenters. The minimum Gasteiger partial charge on any atom is -0.315 e. The molecular formula is C8H7F3N2. The van der Waals surface area contributed by atoms with Crippen LogP contribution in [0.4, 0.5) is 13.2 Å². The van der Waals surface area contributed by atoms with Crippen LogP contribution in [0.3, 0.4) is 0 Å². The molecule has 1 atom stereocenters. The SMILES string of the molecule is NC1(c2cc(F)ccn2)CC1(F)F. The summed E-state index contributed by atoms with van der Waals surface area (Å²) in [4.78, 5) is 3.62. The Hall–Kier alpha value is -1.10. The van der Waals surface area contributed by atoms with Crippen LogP contribution in [-0.2, 0) is 5.54 Å². The maximum atomic E-state index is 12.7. The summed E-state index contributed by atoms with van der Waals surface area (Å²) < 4.78 is 38.1. The van der Waals surface area contributed by atoms with Crippen LogP contribution in [0.25, 0.3) is 0 Å². The zero-order valence-corrected chi connectivity index (χ0v) is 6.60. The first kappa shape index (κ1) is 8.50. The molecule has 70 valence electrons. The van der Waals surface area contributed by atoms with Crippen molar-refractivity contribution < 1.29 is 13.2 Å². The number of nitrogens with zero attached hydrogens (tertiary/aromatic N) is 1. The van der Waals surface area contributed by atoms with Gasteiger partial charge in [0.25, 0.3) is 5.92 Å². The predicted molar refractivity (Wildman–Crippen MR) is 39.6 cm³/mol. The zero-order chi connectivity index (χ0) is 9.69. The van der Waals surface area contributed by atoms with Gasteiger partial charge in [-0.15, -0.1) is 0 Å². The molecule has 2 nitrogen and oxygen atoms in total. The summed E-state index contributed by atoms with van der Waals surface area (Å²) >= 11 is 0. The minimum absolute atomic E-state index is 0.0856. The smallest absolute Gasteiger partial charge is 0.273 e. The monoisotopic (exact) mass is 188 g/mol. The van der Waals surface area contributed by atoms with Gasteiger partial charge in [-0.1, -0.05) is 0 Å². The van der Waals surface area contributed by atoms with Gasteiger partial charge in [-0.2, -0.15) is 0 Å². The normalized spacial score (nSPS) is 30.2. The largest absolute Gasteiger partial charge is 0.315 e. The summed E-state index contributed by atoms with van der Waals surface area (Å²) in [6, 6.07) is 2.04. The Balaban J connectivity index is 2.38. The van der Waals surface area contributed by atoms with E-state index in [-0.39, 0.29) is 5.69 Å². The van der Waals surface area contributed by atoms with E-state index in [9.17, 15) is 13.2 Å². The van der Waals surface area contributed by atoms with E-state index >= 15 is 0 Å². The van der Waals surface area contributed by atoms with Crippen LogP contribution in [0.1, 0.15) is 12.1 Å². The van der Waals surface area contributed by atoms with E-state index in [4.69, 9.17) is 5.73 Å². The second-order valence-electron chi connectivity index (χ2n) is 3.21. The molecule has 2 N–H and O–H groups in total. The van der Waals surface area contributed by atoms with Crippen LogP contribution in [-0.4, -0.2) is 10.9 Å². The van der Waals surface area contributed by atoms with E-state index in [0.29, 0.717) is 0 Å². The number of nitrogens with two attached hydrogens (primary N) is 1. The van der Waals surface area contributed by atoms with Gasteiger partial charge in [0.15, 0.2) is 0 Å². The third-order valence-electron chi connectivity index (χ3n) is 2.21. The number of alkyl halides is 2. The van der Waals surface area contributed by atoms with E-state index in [1.807, 2.05) is 0 Å². The number of aromatic nitrogens is 1. The van der Waals surface area contributed by atoms with Gasteiger partial charge in [-0.05, 0) is 12.1 Å². The Labute approximate surface area is 72.6 Å². The topological polar surface area (TPSA) is 38.9 Å². The van der Waals surface area contributed by atoms with E-state index in [0.717, 1.165) is 18.3 Å². The number of halogens is 3. The van der Waals surface area contributed by atoms with Crippen molar-refractivity contribution in [2.75, 3.05) is 0 Å². The molecule has 0 radical (unpaired) electrons. The molecule has 1 aliphatic carbocycles. The molecule has 1 fully saturated rings. The Kier molecular flexibility index (Phi) is 1.46. The molecule has 1 saturated carbocycles. The number of pyridine rings is 1. The van der Waals surface area contributed by atoms with Gasteiger partial charge in [0, 0.05) is 12.6 Å². The fourth-order valence-electron chi connectivity index (χ4n) is 1.23. The van der Waals surface area contributed by atoms with Crippen LogP contribution >= 0.6 is 0 Å². The summed E-state index contributed by atoms with van der Waals surface area (Å²) in [6.45, 7) is 0. The van der Waals surface area contributed by atoms with Crippen molar-refractivity contribution in [3.8, 4) is 0 Å². The molecule has 1 heterocycles. The van der Waals surface area contributed by atoms with Crippen molar-refractivity contribution in [2.24, 2.45) is 5.73 Å². The van der Waals surface area contributed by atoms with Crippen LogP contribution < -0.4 is 5.73 Å². The number of hydrogen-bond donors (Lipinski definition) is 1.